The molecule has 1 heterocycles. The summed E-state index contributed by atoms with van der Waals surface area (Å²) in [5.74, 6) is 0. The van der Waals surface area contributed by atoms with E-state index in [1.807, 2.05) is 0 Å². The number of nitrogens with zero attached hydrogens (tertiary/aromatic N) is 2. The second-order valence-corrected chi connectivity index (χ2v) is 16.1. The number of anilines is 3. The van der Waals surface area contributed by atoms with Gasteiger partial charge in [-0.3, -0.25) is 0 Å². The van der Waals surface area contributed by atoms with Crippen LogP contribution in [0, 0.1) is 0 Å². The van der Waals surface area contributed by atoms with Gasteiger partial charge in [0.1, 0.15) is 0 Å². The minimum Gasteiger partial charge on any atom is -0.310 e. The molecule has 0 aliphatic heterocycles. The summed E-state index contributed by atoms with van der Waals surface area (Å²) in [6.45, 7) is 0. The van der Waals surface area contributed by atoms with Gasteiger partial charge in [-0.2, -0.15) is 0 Å². The molecule has 0 aliphatic carbocycles. The van der Waals surface area contributed by atoms with Crippen LogP contribution in [0.2, 0.25) is 0 Å². The van der Waals surface area contributed by atoms with Crippen LogP contribution in [0.1, 0.15) is 0 Å². The van der Waals surface area contributed by atoms with E-state index in [2.05, 4.69) is 252 Å². The van der Waals surface area contributed by atoms with Gasteiger partial charge in [0.2, 0.25) is 0 Å². The fourth-order valence-corrected chi connectivity index (χ4v) is 9.73. The normalized spacial score (nSPS) is 11.5. The van der Waals surface area contributed by atoms with Crippen LogP contribution in [0.15, 0.2) is 243 Å². The molecule has 2 heteroatoms. The van der Waals surface area contributed by atoms with E-state index < -0.39 is 0 Å². The number of hydrogen-bond donors (Lipinski definition) is 0. The van der Waals surface area contributed by atoms with E-state index in [9.17, 15) is 0 Å². The molecular weight excluding hydrogens is 749 g/mol. The van der Waals surface area contributed by atoms with Crippen LogP contribution in [0.25, 0.3) is 93.2 Å². The Bertz CT molecular complexity index is 3620. The Balaban J connectivity index is 1.07. The predicted octanol–water partition coefficient (Wildman–Crippen LogP) is 16.7. The summed E-state index contributed by atoms with van der Waals surface area (Å²) >= 11 is 0. The molecule has 12 rings (SSSR count). The molecule has 2 nitrogen and oxygen atoms in total. The minimum absolute atomic E-state index is 1.09. The van der Waals surface area contributed by atoms with Gasteiger partial charge in [0.25, 0.3) is 0 Å². The molecule has 0 saturated carbocycles. The summed E-state index contributed by atoms with van der Waals surface area (Å²) in [5.41, 5.74) is 14.1. The molecule has 11 aromatic carbocycles. The van der Waals surface area contributed by atoms with Gasteiger partial charge in [-0.25, -0.2) is 0 Å². The average molecular weight is 789 g/mol. The lowest BCUT2D eigenvalue weighted by Gasteiger charge is -2.27. The number of rotatable bonds is 7. The Morgan fingerprint density at radius 3 is 1.63 bits per heavy atom. The molecule has 0 N–H and O–H groups in total. The minimum atomic E-state index is 1.09. The van der Waals surface area contributed by atoms with E-state index in [1.165, 1.54) is 87.5 Å². The SMILES string of the molecule is c1ccc(-c2ccccc2-c2ccc(N(c3cccc(-c4c5ccccc5cc5c4c4ccccc4n5-c4ccccc4)c3)c3ccc4c(ccc5ccccc54)c3)cc2)cc1. The summed E-state index contributed by atoms with van der Waals surface area (Å²) in [6, 6.07) is 88.5. The van der Waals surface area contributed by atoms with Crippen molar-refractivity contribution in [1.29, 1.82) is 0 Å². The van der Waals surface area contributed by atoms with Crippen LogP contribution >= 0.6 is 0 Å². The van der Waals surface area contributed by atoms with E-state index in [0.29, 0.717) is 0 Å². The van der Waals surface area contributed by atoms with Crippen molar-refractivity contribution in [2.24, 2.45) is 0 Å². The maximum absolute atomic E-state index is 2.42. The average Bonchev–Trinajstić information content (AvgIpc) is 3.67. The van der Waals surface area contributed by atoms with Gasteiger partial charge in [0.15, 0.2) is 0 Å². The van der Waals surface area contributed by atoms with E-state index in [1.54, 1.807) is 0 Å². The molecule has 0 unspecified atom stereocenters. The highest BCUT2D eigenvalue weighted by atomic mass is 15.1. The van der Waals surface area contributed by atoms with Gasteiger partial charge in [-0.15, -0.1) is 0 Å². The zero-order chi connectivity index (χ0) is 41.0. The van der Waals surface area contributed by atoms with Gasteiger partial charge in [-0.05, 0) is 126 Å². The van der Waals surface area contributed by atoms with Crippen LogP contribution < -0.4 is 4.90 Å². The number of fused-ring (bicyclic) bond motifs is 7. The lowest BCUT2D eigenvalue weighted by atomic mass is 9.92. The lowest BCUT2D eigenvalue weighted by molar-refractivity contribution is 1.18. The highest BCUT2D eigenvalue weighted by molar-refractivity contribution is 6.23. The van der Waals surface area contributed by atoms with Gasteiger partial charge in [0.05, 0.1) is 11.0 Å². The van der Waals surface area contributed by atoms with Gasteiger partial charge >= 0.3 is 0 Å². The highest BCUT2D eigenvalue weighted by Gasteiger charge is 2.21. The highest BCUT2D eigenvalue weighted by Crippen LogP contribution is 2.46. The van der Waals surface area contributed by atoms with Crippen molar-refractivity contribution in [2.75, 3.05) is 4.90 Å². The van der Waals surface area contributed by atoms with E-state index in [4.69, 9.17) is 0 Å². The second-order valence-electron chi connectivity index (χ2n) is 16.1. The third-order valence-electron chi connectivity index (χ3n) is 12.5. The molecule has 0 amide bonds. The van der Waals surface area contributed by atoms with Gasteiger partial charge < -0.3 is 9.47 Å². The van der Waals surface area contributed by atoms with Crippen LogP contribution in [-0.4, -0.2) is 4.57 Å². The largest absolute Gasteiger partial charge is 0.310 e. The molecule has 1 aromatic heterocycles. The summed E-state index contributed by atoms with van der Waals surface area (Å²) < 4.78 is 2.42. The zero-order valence-corrected chi connectivity index (χ0v) is 34.0. The smallest absolute Gasteiger partial charge is 0.0553 e. The fourth-order valence-electron chi connectivity index (χ4n) is 9.73. The second kappa shape index (κ2) is 14.8. The summed E-state index contributed by atoms with van der Waals surface area (Å²) in [7, 11) is 0. The van der Waals surface area contributed by atoms with Crippen molar-refractivity contribution >= 4 is 71.2 Å². The third-order valence-corrected chi connectivity index (χ3v) is 12.5. The third kappa shape index (κ3) is 5.96. The first-order valence-electron chi connectivity index (χ1n) is 21.3. The molecule has 0 bridgehead atoms. The Morgan fingerprint density at radius 1 is 0.290 bits per heavy atom. The standard InChI is InChI=1S/C60H40N2/c1-3-16-41(17-4-1)51-25-11-12-26-53(51)43-32-34-48(35-33-43)61(50-36-37-54-45(38-50)31-30-42-18-7-9-24-52(42)54)49-23-15-20-46(39-49)59-55-27-10-8-19-44(55)40-58-60(59)56-28-13-14-29-57(56)62(58)47-21-5-2-6-22-47/h1-40H. The molecule has 0 fully saturated rings. The van der Waals surface area contributed by atoms with Crippen LogP contribution in [-0.2, 0) is 0 Å². The first-order chi connectivity index (χ1) is 30.8. The first-order valence-corrected chi connectivity index (χ1v) is 21.3. The molecular formula is C60H40N2. The molecule has 0 atom stereocenters. The van der Waals surface area contributed by atoms with Crippen molar-refractivity contribution in [3.8, 4) is 39.1 Å². The van der Waals surface area contributed by atoms with Crippen molar-refractivity contribution in [3.63, 3.8) is 0 Å². The van der Waals surface area contributed by atoms with Crippen molar-refractivity contribution in [1.82, 2.24) is 4.57 Å². The molecule has 0 spiro atoms. The molecule has 62 heavy (non-hydrogen) atoms. The summed E-state index contributed by atoms with van der Waals surface area (Å²) in [4.78, 5) is 2.42. The quantitative estimate of drug-likeness (QED) is 0.146. The van der Waals surface area contributed by atoms with Crippen molar-refractivity contribution in [3.05, 3.63) is 243 Å². The zero-order valence-electron chi connectivity index (χ0n) is 34.0. The van der Waals surface area contributed by atoms with E-state index in [-0.39, 0.29) is 0 Å². The topological polar surface area (TPSA) is 8.17 Å². The Hall–Kier alpha value is -8.20. The summed E-state index contributed by atoms with van der Waals surface area (Å²) in [6.07, 6.45) is 0. The molecule has 0 aliphatic rings. The number of hydrogen-bond acceptors (Lipinski definition) is 1. The van der Waals surface area contributed by atoms with Gasteiger partial charge in [-0.1, -0.05) is 182 Å². The van der Waals surface area contributed by atoms with Crippen LogP contribution in [0.4, 0.5) is 17.1 Å². The van der Waals surface area contributed by atoms with Crippen LogP contribution in [0.3, 0.4) is 0 Å². The predicted molar refractivity (Wildman–Crippen MR) is 264 cm³/mol. The van der Waals surface area contributed by atoms with E-state index in [0.717, 1.165) is 22.7 Å². The van der Waals surface area contributed by atoms with Gasteiger partial charge in [0, 0.05) is 33.5 Å². The molecule has 290 valence electrons. The number of para-hydroxylation sites is 2. The maximum atomic E-state index is 2.42. The van der Waals surface area contributed by atoms with Crippen LogP contribution in [0.5, 0.6) is 0 Å². The molecule has 12 aromatic rings. The summed E-state index contributed by atoms with van der Waals surface area (Å²) in [5, 5.41) is 9.92. The molecule has 0 radical (unpaired) electrons. The maximum Gasteiger partial charge on any atom is 0.0553 e. The van der Waals surface area contributed by atoms with Crippen molar-refractivity contribution in [2.45, 2.75) is 0 Å². The van der Waals surface area contributed by atoms with E-state index >= 15 is 0 Å². The Morgan fingerprint density at radius 2 is 0.839 bits per heavy atom. The Kier molecular flexibility index (Phi) is 8.53. The fraction of sp³-hybridized carbons (Fsp3) is 0. The molecule has 0 saturated heterocycles. The monoisotopic (exact) mass is 788 g/mol. The number of aromatic nitrogens is 1. The lowest BCUT2D eigenvalue weighted by Crippen LogP contribution is -2.10. The number of benzene rings is 11. The first kappa shape index (κ1) is 35.7. The Labute approximate surface area is 360 Å². The van der Waals surface area contributed by atoms with Crippen molar-refractivity contribution < 1.29 is 0 Å².